The third-order valence-electron chi connectivity index (χ3n) is 3.28. The second kappa shape index (κ2) is 6.61. The quantitative estimate of drug-likeness (QED) is 0.591. The van der Waals surface area contributed by atoms with E-state index in [1.165, 1.54) is 38.6 Å². The van der Waals surface area contributed by atoms with Gasteiger partial charge in [-0.2, -0.15) is 0 Å². The maximum atomic E-state index is 3.58. The van der Waals surface area contributed by atoms with Crippen LogP contribution in [-0.4, -0.2) is 25.2 Å². The molecule has 0 bridgehead atoms. The topological polar surface area (TPSA) is 24.1 Å². The van der Waals surface area contributed by atoms with Crippen molar-refractivity contribution in [3.05, 3.63) is 0 Å². The first-order valence-electron chi connectivity index (χ1n) is 6.96. The fourth-order valence-electron chi connectivity index (χ4n) is 1.89. The summed E-state index contributed by atoms with van der Waals surface area (Å²) in [5.74, 6) is 0. The van der Waals surface area contributed by atoms with E-state index in [1.54, 1.807) is 0 Å². The lowest BCUT2D eigenvalue weighted by atomic mass is 9.87. The SMILES string of the molecule is CC(C)NCC(C)(C)CCCCNC1CC1. The van der Waals surface area contributed by atoms with E-state index in [9.17, 15) is 0 Å². The summed E-state index contributed by atoms with van der Waals surface area (Å²) < 4.78 is 0. The summed E-state index contributed by atoms with van der Waals surface area (Å²) in [7, 11) is 0. The molecule has 1 aliphatic rings. The fourth-order valence-corrected chi connectivity index (χ4v) is 1.89. The van der Waals surface area contributed by atoms with Crippen LogP contribution in [0.2, 0.25) is 0 Å². The van der Waals surface area contributed by atoms with Crippen molar-refractivity contribution >= 4 is 0 Å². The van der Waals surface area contributed by atoms with Gasteiger partial charge in [-0.1, -0.05) is 34.1 Å². The Bertz CT molecular complexity index is 183. The van der Waals surface area contributed by atoms with Gasteiger partial charge in [-0.05, 0) is 37.6 Å². The molecular weight excluding hydrogens is 196 g/mol. The summed E-state index contributed by atoms with van der Waals surface area (Å²) in [5, 5.41) is 7.12. The molecule has 0 amide bonds. The van der Waals surface area contributed by atoms with E-state index in [0.717, 1.165) is 12.6 Å². The van der Waals surface area contributed by atoms with Crippen molar-refractivity contribution in [1.82, 2.24) is 10.6 Å². The minimum atomic E-state index is 0.448. The molecule has 0 saturated heterocycles. The van der Waals surface area contributed by atoms with Gasteiger partial charge in [-0.3, -0.25) is 0 Å². The van der Waals surface area contributed by atoms with E-state index in [4.69, 9.17) is 0 Å². The van der Waals surface area contributed by atoms with Crippen molar-refractivity contribution in [3.8, 4) is 0 Å². The Morgan fingerprint density at radius 3 is 2.44 bits per heavy atom. The molecule has 1 fully saturated rings. The number of rotatable bonds is 9. The molecule has 0 aliphatic heterocycles. The Morgan fingerprint density at radius 2 is 1.88 bits per heavy atom. The van der Waals surface area contributed by atoms with Crippen molar-refractivity contribution in [3.63, 3.8) is 0 Å². The zero-order valence-corrected chi connectivity index (χ0v) is 11.6. The van der Waals surface area contributed by atoms with Crippen LogP contribution in [0.4, 0.5) is 0 Å². The molecule has 96 valence electrons. The largest absolute Gasteiger partial charge is 0.314 e. The van der Waals surface area contributed by atoms with Gasteiger partial charge in [-0.15, -0.1) is 0 Å². The molecule has 16 heavy (non-hydrogen) atoms. The maximum Gasteiger partial charge on any atom is 0.00682 e. The van der Waals surface area contributed by atoms with Crippen molar-refractivity contribution in [2.75, 3.05) is 13.1 Å². The monoisotopic (exact) mass is 226 g/mol. The van der Waals surface area contributed by atoms with Crippen LogP contribution in [0.5, 0.6) is 0 Å². The summed E-state index contributed by atoms with van der Waals surface area (Å²) in [4.78, 5) is 0. The van der Waals surface area contributed by atoms with Crippen LogP contribution in [0.15, 0.2) is 0 Å². The Morgan fingerprint density at radius 1 is 1.19 bits per heavy atom. The third kappa shape index (κ3) is 7.24. The molecule has 0 unspecified atom stereocenters. The summed E-state index contributed by atoms with van der Waals surface area (Å²) in [6, 6.07) is 1.48. The van der Waals surface area contributed by atoms with E-state index >= 15 is 0 Å². The lowest BCUT2D eigenvalue weighted by Gasteiger charge is -2.26. The van der Waals surface area contributed by atoms with Gasteiger partial charge in [0.1, 0.15) is 0 Å². The lowest BCUT2D eigenvalue weighted by molar-refractivity contribution is 0.293. The van der Waals surface area contributed by atoms with Crippen LogP contribution in [0.1, 0.15) is 59.8 Å². The normalized spacial score (nSPS) is 17.1. The predicted octanol–water partition coefficient (Wildman–Crippen LogP) is 2.93. The smallest absolute Gasteiger partial charge is 0.00682 e. The van der Waals surface area contributed by atoms with Crippen LogP contribution < -0.4 is 10.6 Å². The molecule has 2 heteroatoms. The highest BCUT2D eigenvalue weighted by Crippen LogP contribution is 2.23. The van der Waals surface area contributed by atoms with E-state index < -0.39 is 0 Å². The molecule has 1 rings (SSSR count). The summed E-state index contributed by atoms with van der Waals surface area (Å²) >= 11 is 0. The van der Waals surface area contributed by atoms with Crippen molar-refractivity contribution in [2.24, 2.45) is 5.41 Å². The zero-order valence-electron chi connectivity index (χ0n) is 11.6. The number of hydrogen-bond donors (Lipinski definition) is 2. The maximum absolute atomic E-state index is 3.58. The molecule has 0 radical (unpaired) electrons. The second-order valence-corrected chi connectivity index (χ2v) is 6.39. The van der Waals surface area contributed by atoms with Crippen molar-refractivity contribution in [1.29, 1.82) is 0 Å². The van der Waals surface area contributed by atoms with Gasteiger partial charge < -0.3 is 10.6 Å². The minimum absolute atomic E-state index is 0.448. The third-order valence-corrected chi connectivity index (χ3v) is 3.28. The van der Waals surface area contributed by atoms with E-state index in [-0.39, 0.29) is 0 Å². The highest BCUT2D eigenvalue weighted by atomic mass is 14.9. The van der Waals surface area contributed by atoms with Gasteiger partial charge in [0.15, 0.2) is 0 Å². The predicted molar refractivity (Wildman–Crippen MR) is 71.8 cm³/mol. The molecular formula is C14H30N2. The highest BCUT2D eigenvalue weighted by molar-refractivity contribution is 4.80. The number of nitrogens with one attached hydrogen (secondary N) is 2. The Kier molecular flexibility index (Phi) is 5.77. The van der Waals surface area contributed by atoms with Gasteiger partial charge >= 0.3 is 0 Å². The first kappa shape index (κ1) is 14.0. The second-order valence-electron chi connectivity index (χ2n) is 6.39. The lowest BCUT2D eigenvalue weighted by Crippen LogP contribution is -2.34. The number of unbranched alkanes of at least 4 members (excludes halogenated alkanes) is 1. The molecule has 0 aromatic heterocycles. The standard InChI is InChI=1S/C14H30N2/c1-12(2)16-11-14(3,4)9-5-6-10-15-13-7-8-13/h12-13,15-16H,5-11H2,1-4H3. The van der Waals surface area contributed by atoms with Crippen LogP contribution >= 0.6 is 0 Å². The molecule has 0 aromatic rings. The molecule has 0 heterocycles. The van der Waals surface area contributed by atoms with E-state index in [1.807, 2.05) is 0 Å². The van der Waals surface area contributed by atoms with Gasteiger partial charge in [0.05, 0.1) is 0 Å². The summed E-state index contributed by atoms with van der Waals surface area (Å²) in [6.07, 6.45) is 6.83. The van der Waals surface area contributed by atoms with Gasteiger partial charge in [-0.25, -0.2) is 0 Å². The fraction of sp³-hybridized carbons (Fsp3) is 1.00. The first-order valence-corrected chi connectivity index (χ1v) is 6.96. The average molecular weight is 226 g/mol. The van der Waals surface area contributed by atoms with Crippen LogP contribution in [0.3, 0.4) is 0 Å². The van der Waals surface area contributed by atoms with E-state index in [0.29, 0.717) is 11.5 Å². The summed E-state index contributed by atoms with van der Waals surface area (Å²) in [5.41, 5.74) is 0.448. The Balaban J connectivity index is 1.95. The summed E-state index contributed by atoms with van der Waals surface area (Å²) in [6.45, 7) is 11.5. The van der Waals surface area contributed by atoms with Crippen molar-refractivity contribution in [2.45, 2.75) is 71.9 Å². The first-order chi connectivity index (χ1) is 7.49. The molecule has 2 N–H and O–H groups in total. The Labute approximate surface area is 102 Å². The van der Waals surface area contributed by atoms with Gasteiger partial charge in [0.25, 0.3) is 0 Å². The van der Waals surface area contributed by atoms with Crippen LogP contribution in [0, 0.1) is 5.41 Å². The molecule has 1 saturated carbocycles. The molecule has 2 nitrogen and oxygen atoms in total. The minimum Gasteiger partial charge on any atom is -0.314 e. The Hall–Kier alpha value is -0.0800. The van der Waals surface area contributed by atoms with Crippen molar-refractivity contribution < 1.29 is 0 Å². The molecule has 0 atom stereocenters. The van der Waals surface area contributed by atoms with Gasteiger partial charge in [0.2, 0.25) is 0 Å². The average Bonchev–Trinajstić information content (AvgIpc) is 2.98. The van der Waals surface area contributed by atoms with Gasteiger partial charge in [0, 0.05) is 18.6 Å². The van der Waals surface area contributed by atoms with E-state index in [2.05, 4.69) is 38.3 Å². The molecule has 1 aliphatic carbocycles. The molecule has 0 spiro atoms. The highest BCUT2D eigenvalue weighted by Gasteiger charge is 2.20. The van der Waals surface area contributed by atoms with Crippen LogP contribution in [0.25, 0.3) is 0 Å². The molecule has 0 aromatic carbocycles. The number of hydrogen-bond acceptors (Lipinski definition) is 2. The zero-order chi connectivity index (χ0) is 12.0. The van der Waals surface area contributed by atoms with Crippen LogP contribution in [-0.2, 0) is 0 Å².